The van der Waals surface area contributed by atoms with E-state index in [1.807, 2.05) is 43.4 Å². The zero-order chi connectivity index (χ0) is 18.4. The first-order valence-corrected chi connectivity index (χ1v) is 8.84. The summed E-state index contributed by atoms with van der Waals surface area (Å²) < 4.78 is 5.33. The van der Waals surface area contributed by atoms with E-state index in [1.54, 1.807) is 18.2 Å². The molecule has 1 saturated heterocycles. The maximum atomic E-state index is 12.6. The lowest BCUT2D eigenvalue weighted by molar-refractivity contribution is 0.182. The van der Waals surface area contributed by atoms with Gasteiger partial charge in [0.15, 0.2) is 5.82 Å². The maximum absolute atomic E-state index is 12.6. The fourth-order valence-corrected chi connectivity index (χ4v) is 3.25. The summed E-state index contributed by atoms with van der Waals surface area (Å²) in [6.45, 7) is 2.14. The Morgan fingerprint density at radius 3 is 2.96 bits per heavy atom. The maximum Gasteiger partial charge on any atom is 0.317 e. The number of methoxy groups -OCH3 is 1. The van der Waals surface area contributed by atoms with Gasteiger partial charge in [-0.1, -0.05) is 18.2 Å². The third kappa shape index (κ3) is 4.22. The van der Waals surface area contributed by atoms with Crippen LogP contribution in [0.3, 0.4) is 0 Å². The summed E-state index contributed by atoms with van der Waals surface area (Å²) >= 11 is 0. The second-order valence-corrected chi connectivity index (χ2v) is 6.41. The number of carbonyl (C=O) groups excluding carboxylic acids is 1. The summed E-state index contributed by atoms with van der Waals surface area (Å²) in [7, 11) is 3.48. The van der Waals surface area contributed by atoms with E-state index in [1.165, 1.54) is 0 Å². The van der Waals surface area contributed by atoms with Gasteiger partial charge in [-0.15, -0.1) is 5.10 Å². The summed E-state index contributed by atoms with van der Waals surface area (Å²) in [5.74, 6) is 1.64. The van der Waals surface area contributed by atoms with E-state index in [0.717, 1.165) is 43.1 Å². The predicted octanol–water partition coefficient (Wildman–Crippen LogP) is 2.30. The van der Waals surface area contributed by atoms with Crippen LogP contribution in [-0.2, 0) is 6.54 Å². The zero-order valence-electron chi connectivity index (χ0n) is 15.3. The molecule has 2 heterocycles. The van der Waals surface area contributed by atoms with E-state index in [4.69, 9.17) is 4.74 Å². The molecular formula is C19H25N5O2. The monoisotopic (exact) mass is 355 g/mol. The smallest absolute Gasteiger partial charge is 0.317 e. The SMILES string of the molecule is COc1ccccc1CNC(=O)N(C)[C@@H]1CCCN(c2cccnn2)C1. The van der Waals surface area contributed by atoms with Crippen molar-refractivity contribution in [1.82, 2.24) is 20.4 Å². The van der Waals surface area contributed by atoms with E-state index >= 15 is 0 Å². The van der Waals surface area contributed by atoms with Crippen molar-refractivity contribution in [2.24, 2.45) is 0 Å². The average molecular weight is 355 g/mol. The Bertz CT molecular complexity index is 725. The Hall–Kier alpha value is -2.83. The first kappa shape index (κ1) is 18.0. The Balaban J connectivity index is 1.57. The second kappa shape index (κ2) is 8.51. The standard InChI is InChI=1S/C19H25N5O2/c1-23(19(25)20-13-15-7-3-4-9-17(15)26-2)16-8-6-12-24(14-16)18-10-5-11-21-22-18/h3-5,7,9-11,16H,6,8,12-14H2,1-2H3,(H,20,25)/t16-/m1/s1. The molecule has 2 aromatic rings. The van der Waals surface area contributed by atoms with E-state index in [2.05, 4.69) is 20.4 Å². The molecule has 7 heteroatoms. The second-order valence-electron chi connectivity index (χ2n) is 6.41. The van der Waals surface area contributed by atoms with Gasteiger partial charge in [0, 0.05) is 38.4 Å². The molecule has 0 saturated carbocycles. The number of carbonyl (C=O) groups is 1. The van der Waals surface area contributed by atoms with Crippen LogP contribution in [0.4, 0.5) is 10.6 Å². The summed E-state index contributed by atoms with van der Waals surface area (Å²) in [4.78, 5) is 16.6. The highest BCUT2D eigenvalue weighted by Gasteiger charge is 2.26. The third-order valence-electron chi connectivity index (χ3n) is 4.77. The summed E-state index contributed by atoms with van der Waals surface area (Å²) in [5.41, 5.74) is 0.960. The molecule has 1 fully saturated rings. The minimum Gasteiger partial charge on any atom is -0.496 e. The quantitative estimate of drug-likeness (QED) is 0.891. The number of amides is 2. The summed E-state index contributed by atoms with van der Waals surface area (Å²) in [6, 6.07) is 11.6. The van der Waals surface area contributed by atoms with Gasteiger partial charge in [-0.3, -0.25) is 0 Å². The molecule has 0 aliphatic carbocycles. The predicted molar refractivity (Wildman–Crippen MR) is 100 cm³/mol. The number of likely N-dealkylation sites (N-methyl/N-ethyl adjacent to an activating group) is 1. The van der Waals surface area contributed by atoms with Gasteiger partial charge >= 0.3 is 6.03 Å². The van der Waals surface area contributed by atoms with Crippen LogP contribution >= 0.6 is 0 Å². The van der Waals surface area contributed by atoms with Gasteiger partial charge in [-0.25, -0.2) is 4.79 Å². The van der Waals surface area contributed by atoms with Crippen molar-refractivity contribution in [3.05, 3.63) is 48.2 Å². The van der Waals surface area contributed by atoms with Crippen molar-refractivity contribution in [2.45, 2.75) is 25.4 Å². The molecule has 0 unspecified atom stereocenters. The zero-order valence-corrected chi connectivity index (χ0v) is 15.3. The van der Waals surface area contributed by atoms with Crippen LogP contribution < -0.4 is 15.0 Å². The fourth-order valence-electron chi connectivity index (χ4n) is 3.25. The van der Waals surface area contributed by atoms with Gasteiger partial charge in [-0.2, -0.15) is 5.10 Å². The molecule has 1 aliphatic heterocycles. The van der Waals surface area contributed by atoms with Crippen molar-refractivity contribution in [3.8, 4) is 5.75 Å². The van der Waals surface area contributed by atoms with E-state index < -0.39 is 0 Å². The lowest BCUT2D eigenvalue weighted by Crippen LogP contribution is -2.51. The van der Waals surface area contributed by atoms with Crippen LogP contribution in [0.5, 0.6) is 5.75 Å². The van der Waals surface area contributed by atoms with Crippen LogP contribution in [0.2, 0.25) is 0 Å². The number of aromatic nitrogens is 2. The number of hydrogen-bond acceptors (Lipinski definition) is 5. The summed E-state index contributed by atoms with van der Waals surface area (Å²) in [6.07, 6.45) is 3.67. The molecule has 1 N–H and O–H groups in total. The number of benzene rings is 1. The third-order valence-corrected chi connectivity index (χ3v) is 4.77. The number of ether oxygens (including phenoxy) is 1. The Kier molecular flexibility index (Phi) is 5.88. The Morgan fingerprint density at radius 2 is 2.19 bits per heavy atom. The fraction of sp³-hybridized carbons (Fsp3) is 0.421. The molecule has 3 rings (SSSR count). The van der Waals surface area contributed by atoms with Crippen molar-refractivity contribution in [1.29, 1.82) is 0 Å². The molecule has 138 valence electrons. The number of anilines is 1. The molecule has 2 amide bonds. The first-order valence-electron chi connectivity index (χ1n) is 8.84. The molecule has 1 aromatic carbocycles. The van der Waals surface area contributed by atoms with Crippen molar-refractivity contribution in [3.63, 3.8) is 0 Å². The number of rotatable bonds is 5. The van der Waals surface area contributed by atoms with Crippen LogP contribution in [0.15, 0.2) is 42.6 Å². The van der Waals surface area contributed by atoms with Crippen LogP contribution in [0.1, 0.15) is 18.4 Å². The lowest BCUT2D eigenvalue weighted by Gasteiger charge is -2.38. The van der Waals surface area contributed by atoms with E-state index in [9.17, 15) is 4.79 Å². The minimum atomic E-state index is -0.0816. The molecule has 1 aromatic heterocycles. The largest absolute Gasteiger partial charge is 0.496 e. The Morgan fingerprint density at radius 1 is 1.35 bits per heavy atom. The Labute approximate surface area is 154 Å². The number of nitrogens with one attached hydrogen (secondary N) is 1. The van der Waals surface area contributed by atoms with Crippen LogP contribution in [-0.4, -0.2) is 54.4 Å². The number of hydrogen-bond donors (Lipinski definition) is 1. The highest BCUT2D eigenvalue weighted by atomic mass is 16.5. The lowest BCUT2D eigenvalue weighted by atomic mass is 10.0. The number of urea groups is 1. The van der Waals surface area contributed by atoms with Crippen molar-refractivity contribution < 1.29 is 9.53 Å². The van der Waals surface area contributed by atoms with Gasteiger partial charge in [0.2, 0.25) is 0 Å². The van der Waals surface area contributed by atoms with Gasteiger partial charge < -0.3 is 19.9 Å². The summed E-state index contributed by atoms with van der Waals surface area (Å²) in [5, 5.41) is 11.1. The normalized spacial score (nSPS) is 16.8. The van der Waals surface area contributed by atoms with Gasteiger partial charge in [0.05, 0.1) is 13.2 Å². The highest BCUT2D eigenvalue weighted by Crippen LogP contribution is 2.20. The molecule has 26 heavy (non-hydrogen) atoms. The number of para-hydroxylation sites is 1. The highest BCUT2D eigenvalue weighted by molar-refractivity contribution is 5.74. The van der Waals surface area contributed by atoms with E-state index in [-0.39, 0.29) is 12.1 Å². The van der Waals surface area contributed by atoms with Crippen LogP contribution in [0, 0.1) is 0 Å². The van der Waals surface area contributed by atoms with Gasteiger partial charge in [0.1, 0.15) is 5.75 Å². The average Bonchev–Trinajstić information content (AvgIpc) is 2.72. The molecule has 1 atom stereocenters. The van der Waals surface area contributed by atoms with Crippen molar-refractivity contribution in [2.75, 3.05) is 32.1 Å². The molecule has 0 spiro atoms. The van der Waals surface area contributed by atoms with Crippen LogP contribution in [0.25, 0.3) is 0 Å². The number of piperidine rings is 1. The van der Waals surface area contributed by atoms with E-state index in [0.29, 0.717) is 6.54 Å². The molecule has 1 aliphatic rings. The molecular weight excluding hydrogens is 330 g/mol. The van der Waals surface area contributed by atoms with Gasteiger partial charge in [-0.05, 0) is 31.0 Å². The minimum absolute atomic E-state index is 0.0816. The molecule has 7 nitrogen and oxygen atoms in total. The number of nitrogens with zero attached hydrogens (tertiary/aromatic N) is 4. The topological polar surface area (TPSA) is 70.6 Å². The van der Waals surface area contributed by atoms with Crippen molar-refractivity contribution >= 4 is 11.8 Å². The molecule has 0 radical (unpaired) electrons. The first-order chi connectivity index (χ1) is 12.7. The van der Waals surface area contributed by atoms with Gasteiger partial charge in [0.25, 0.3) is 0 Å². The molecule has 0 bridgehead atoms.